The standard InChI is InChI=1S/C47H30N4/c1-3-11-31(12-4-1)35-24-28-44-42(30-35)41-17-9-10-18-43(41)51(44)38-25-21-34(22-26-38)46-48-45(33-14-5-2-6-15-33)49-47(50-46)37-23-27-40-36(29-37)20-19-32-13-7-8-16-39(32)40/h1-30H/i1D,3D,4D,9D,10D,11D,12D,17D,18D,21D,22D,24D,25D,26D,28D,30D. The molecule has 0 unspecified atom stereocenters. The van der Waals surface area contributed by atoms with Crippen LogP contribution in [0, 0.1) is 0 Å². The van der Waals surface area contributed by atoms with Crippen molar-refractivity contribution < 1.29 is 21.9 Å². The highest BCUT2D eigenvalue weighted by Crippen LogP contribution is 2.36. The number of aromatic nitrogens is 4. The van der Waals surface area contributed by atoms with Gasteiger partial charge in [0.2, 0.25) is 0 Å². The highest BCUT2D eigenvalue weighted by molar-refractivity contribution is 6.11. The van der Waals surface area contributed by atoms with Gasteiger partial charge < -0.3 is 4.57 Å². The molecule has 0 amide bonds. The van der Waals surface area contributed by atoms with E-state index in [4.69, 9.17) is 23.7 Å². The van der Waals surface area contributed by atoms with Crippen molar-refractivity contribution in [3.63, 3.8) is 0 Å². The van der Waals surface area contributed by atoms with Gasteiger partial charge in [-0.3, -0.25) is 0 Å². The summed E-state index contributed by atoms with van der Waals surface area (Å²) < 4.78 is 144. The van der Waals surface area contributed by atoms with Gasteiger partial charge in [0.25, 0.3) is 0 Å². The average molecular weight is 667 g/mol. The fourth-order valence-electron chi connectivity index (χ4n) is 6.25. The summed E-state index contributed by atoms with van der Waals surface area (Å²) in [6.45, 7) is 0. The Morgan fingerprint density at radius 2 is 1.04 bits per heavy atom. The molecule has 0 atom stereocenters. The fraction of sp³-hybridized carbons (Fsp3) is 0. The average Bonchev–Trinajstić information content (AvgIpc) is 3.70. The molecule has 2 aromatic heterocycles. The summed E-state index contributed by atoms with van der Waals surface area (Å²) in [4.78, 5) is 14.2. The van der Waals surface area contributed by atoms with E-state index in [1.165, 1.54) is 0 Å². The maximum absolute atomic E-state index is 9.50. The lowest BCUT2D eigenvalue weighted by Gasteiger charge is -2.11. The van der Waals surface area contributed by atoms with Crippen molar-refractivity contribution in [2.75, 3.05) is 0 Å². The molecule has 0 spiro atoms. The second-order valence-electron chi connectivity index (χ2n) is 11.7. The number of fused-ring (bicyclic) bond motifs is 6. The van der Waals surface area contributed by atoms with Crippen LogP contribution in [0.1, 0.15) is 21.9 Å². The second kappa shape index (κ2) is 11.9. The predicted molar refractivity (Wildman–Crippen MR) is 211 cm³/mol. The Morgan fingerprint density at radius 1 is 0.392 bits per heavy atom. The van der Waals surface area contributed by atoms with Gasteiger partial charge >= 0.3 is 0 Å². The van der Waals surface area contributed by atoms with Crippen LogP contribution in [0.4, 0.5) is 0 Å². The minimum absolute atomic E-state index is 0.165. The molecule has 0 radical (unpaired) electrons. The van der Waals surface area contributed by atoms with Crippen LogP contribution in [0.2, 0.25) is 0 Å². The Labute approximate surface area is 317 Å². The van der Waals surface area contributed by atoms with Crippen LogP contribution in [-0.2, 0) is 0 Å². The highest BCUT2D eigenvalue weighted by atomic mass is 15.0. The number of para-hydroxylation sites is 1. The van der Waals surface area contributed by atoms with E-state index in [-0.39, 0.29) is 23.0 Å². The van der Waals surface area contributed by atoms with Crippen molar-refractivity contribution in [3.8, 4) is 51.0 Å². The minimum Gasteiger partial charge on any atom is -0.309 e. The summed E-state index contributed by atoms with van der Waals surface area (Å²) in [5.41, 5.74) is -1.90. The van der Waals surface area contributed by atoms with Gasteiger partial charge in [-0.15, -0.1) is 0 Å². The molecule has 10 aromatic rings. The van der Waals surface area contributed by atoms with Gasteiger partial charge in [0, 0.05) is 33.2 Å². The summed E-state index contributed by atoms with van der Waals surface area (Å²) in [5, 5.41) is 3.16. The van der Waals surface area contributed by atoms with Crippen LogP contribution in [-0.4, -0.2) is 19.5 Å². The zero-order valence-corrected chi connectivity index (χ0v) is 26.4. The Kier molecular flexibility index (Phi) is 4.00. The van der Waals surface area contributed by atoms with Crippen LogP contribution in [0.5, 0.6) is 0 Å². The Balaban J connectivity index is 1.26. The van der Waals surface area contributed by atoms with Crippen molar-refractivity contribution in [2.24, 2.45) is 0 Å². The van der Waals surface area contributed by atoms with Crippen molar-refractivity contribution in [1.29, 1.82) is 0 Å². The zero-order valence-electron chi connectivity index (χ0n) is 42.4. The Morgan fingerprint density at radius 3 is 1.88 bits per heavy atom. The van der Waals surface area contributed by atoms with Crippen LogP contribution >= 0.6 is 0 Å². The summed E-state index contributed by atoms with van der Waals surface area (Å²) in [5.74, 6) is 0.109. The van der Waals surface area contributed by atoms with Crippen LogP contribution in [0.15, 0.2) is 182 Å². The van der Waals surface area contributed by atoms with E-state index in [1.807, 2.05) is 60.7 Å². The van der Waals surface area contributed by atoms with E-state index < -0.39 is 135 Å². The molecule has 51 heavy (non-hydrogen) atoms. The molecule has 8 aromatic carbocycles. The number of rotatable bonds is 5. The van der Waals surface area contributed by atoms with Crippen molar-refractivity contribution in [1.82, 2.24) is 19.5 Å². The summed E-state index contributed by atoms with van der Waals surface area (Å²) >= 11 is 0. The number of benzene rings is 8. The van der Waals surface area contributed by atoms with E-state index in [0.717, 1.165) is 26.1 Å². The maximum Gasteiger partial charge on any atom is 0.164 e. The third-order valence-electron chi connectivity index (χ3n) is 8.64. The SMILES string of the molecule is [2H]c1c([2H])c([2H])c(-c2c([2H])c([2H])c3c(c2[2H])c2c([2H])c([2H])c([2H])c([2H])c2n3-c2c([2H])c([2H])c(-c3nc(-c4ccccc4)nc(-c4ccc5c(ccc6ccccc65)c4)n3)c([2H])c2[2H])c([2H])c1[2H]. The van der Waals surface area contributed by atoms with Gasteiger partial charge in [0.1, 0.15) is 0 Å². The first-order chi connectivity index (χ1) is 31.9. The molecule has 0 saturated carbocycles. The fourth-order valence-corrected chi connectivity index (χ4v) is 6.25. The molecule has 0 fully saturated rings. The van der Waals surface area contributed by atoms with E-state index >= 15 is 0 Å². The zero-order chi connectivity index (χ0) is 47.7. The molecule has 0 N–H and O–H groups in total. The van der Waals surface area contributed by atoms with Crippen molar-refractivity contribution in [2.45, 2.75) is 0 Å². The smallest absolute Gasteiger partial charge is 0.164 e. The normalized spacial score (nSPS) is 15.9. The molecule has 0 bridgehead atoms. The van der Waals surface area contributed by atoms with Crippen molar-refractivity contribution in [3.05, 3.63) is 182 Å². The van der Waals surface area contributed by atoms with Gasteiger partial charge in [0.15, 0.2) is 17.5 Å². The van der Waals surface area contributed by atoms with E-state index in [2.05, 4.69) is 4.98 Å². The molecule has 4 heteroatoms. The van der Waals surface area contributed by atoms with E-state index in [0.29, 0.717) is 11.1 Å². The van der Waals surface area contributed by atoms with Gasteiger partial charge in [-0.1, -0.05) is 133 Å². The summed E-state index contributed by atoms with van der Waals surface area (Å²) in [7, 11) is 0. The van der Waals surface area contributed by atoms with E-state index in [1.54, 1.807) is 24.3 Å². The monoisotopic (exact) mass is 666 g/mol. The number of hydrogen-bond acceptors (Lipinski definition) is 3. The molecule has 10 rings (SSSR count). The number of hydrogen-bond donors (Lipinski definition) is 0. The largest absolute Gasteiger partial charge is 0.309 e. The Hall–Kier alpha value is -6.91. The third kappa shape index (κ3) is 5.04. The minimum atomic E-state index is -0.824. The predicted octanol–water partition coefficient (Wildman–Crippen LogP) is 11.9. The van der Waals surface area contributed by atoms with E-state index in [9.17, 15) is 8.22 Å². The number of nitrogens with zero attached hydrogens (tertiary/aromatic N) is 4. The van der Waals surface area contributed by atoms with Gasteiger partial charge in [-0.2, -0.15) is 0 Å². The van der Waals surface area contributed by atoms with Crippen LogP contribution < -0.4 is 0 Å². The topological polar surface area (TPSA) is 43.6 Å². The molecule has 2 heterocycles. The highest BCUT2D eigenvalue weighted by Gasteiger charge is 2.16. The molecule has 0 saturated heterocycles. The first-order valence-electron chi connectivity index (χ1n) is 23.9. The molecule has 0 aliphatic heterocycles. The summed E-state index contributed by atoms with van der Waals surface area (Å²) in [6, 6.07) is 14.5. The van der Waals surface area contributed by atoms with Gasteiger partial charge in [-0.05, 0) is 81.0 Å². The van der Waals surface area contributed by atoms with Crippen LogP contribution in [0.25, 0.3) is 94.3 Å². The first kappa shape index (κ1) is 17.1. The molecular weight excluding hydrogens is 621 g/mol. The molecule has 0 aliphatic carbocycles. The van der Waals surface area contributed by atoms with Crippen molar-refractivity contribution >= 4 is 43.4 Å². The lowest BCUT2D eigenvalue weighted by atomic mass is 10.00. The van der Waals surface area contributed by atoms with Gasteiger partial charge in [0.05, 0.1) is 33.0 Å². The lowest BCUT2D eigenvalue weighted by molar-refractivity contribution is 1.07. The summed E-state index contributed by atoms with van der Waals surface area (Å²) in [6.07, 6.45) is 0. The quantitative estimate of drug-likeness (QED) is 0.172. The Bertz CT molecular complexity index is 3780. The van der Waals surface area contributed by atoms with Crippen LogP contribution in [0.3, 0.4) is 0 Å². The molecule has 238 valence electrons. The second-order valence-corrected chi connectivity index (χ2v) is 11.7. The third-order valence-corrected chi connectivity index (χ3v) is 8.64. The lowest BCUT2D eigenvalue weighted by Crippen LogP contribution is -2.00. The maximum atomic E-state index is 9.50. The first-order valence-corrected chi connectivity index (χ1v) is 15.9. The van der Waals surface area contributed by atoms with Gasteiger partial charge in [-0.25, -0.2) is 15.0 Å². The molecule has 4 nitrogen and oxygen atoms in total. The molecule has 0 aliphatic rings. The molecular formula is C47H30N4.